The molecule has 30 heavy (non-hydrogen) atoms. The molecule has 1 aromatic heterocycles. The molecule has 0 bridgehead atoms. The van der Waals surface area contributed by atoms with Crippen LogP contribution in [0.5, 0.6) is 5.75 Å². The quantitative estimate of drug-likeness (QED) is 0.409. The van der Waals surface area contributed by atoms with E-state index >= 15 is 0 Å². The third kappa shape index (κ3) is 4.52. The van der Waals surface area contributed by atoms with Gasteiger partial charge < -0.3 is 14.8 Å². The Morgan fingerprint density at radius 1 is 1.27 bits per heavy atom. The standard InChI is InChI=1S/C23H23NO5S/c1-5-28-23(27)20-13(2)21(14(3)25)30-22(20)24-19(26)11-10-16-12-17-8-6-7-9-18(17)29-15(16)4/h6-12,15H,5H2,1-4H3,(H,24,26). The van der Waals surface area contributed by atoms with E-state index in [1.54, 1.807) is 19.9 Å². The molecule has 1 N–H and O–H groups in total. The number of hydrogen-bond donors (Lipinski definition) is 1. The topological polar surface area (TPSA) is 81.7 Å². The first kappa shape index (κ1) is 21.5. The van der Waals surface area contributed by atoms with E-state index in [0.29, 0.717) is 15.4 Å². The number of benzene rings is 1. The van der Waals surface area contributed by atoms with Gasteiger partial charge in [-0.15, -0.1) is 11.3 Å². The van der Waals surface area contributed by atoms with Gasteiger partial charge in [-0.1, -0.05) is 18.2 Å². The molecule has 0 saturated heterocycles. The molecule has 1 amide bonds. The molecule has 156 valence electrons. The number of rotatable bonds is 6. The summed E-state index contributed by atoms with van der Waals surface area (Å²) in [5, 5.41) is 3.01. The van der Waals surface area contributed by atoms with Gasteiger partial charge in [-0.25, -0.2) is 4.79 Å². The summed E-state index contributed by atoms with van der Waals surface area (Å²) in [4.78, 5) is 37.2. The van der Waals surface area contributed by atoms with Crippen molar-refractivity contribution >= 4 is 40.1 Å². The van der Waals surface area contributed by atoms with E-state index in [0.717, 1.165) is 28.2 Å². The summed E-state index contributed by atoms with van der Waals surface area (Å²) in [5.74, 6) is -0.344. The molecule has 1 aliphatic heterocycles. The lowest BCUT2D eigenvalue weighted by molar-refractivity contribution is -0.111. The predicted octanol–water partition coefficient (Wildman–Crippen LogP) is 4.80. The number of thiophene rings is 1. The second-order valence-corrected chi connectivity index (χ2v) is 7.82. The Kier molecular flexibility index (Phi) is 6.52. The Morgan fingerprint density at radius 3 is 2.70 bits per heavy atom. The lowest BCUT2D eigenvalue weighted by atomic mass is 10.0. The maximum atomic E-state index is 12.5. The van der Waals surface area contributed by atoms with Crippen molar-refractivity contribution in [3.05, 3.63) is 63.6 Å². The van der Waals surface area contributed by atoms with Crippen LogP contribution in [0.2, 0.25) is 0 Å². The predicted molar refractivity (Wildman–Crippen MR) is 117 cm³/mol. The van der Waals surface area contributed by atoms with Crippen LogP contribution in [-0.4, -0.2) is 30.4 Å². The Bertz CT molecular complexity index is 1060. The molecule has 6 nitrogen and oxygen atoms in total. The van der Waals surface area contributed by atoms with E-state index in [4.69, 9.17) is 9.47 Å². The number of hydrogen-bond acceptors (Lipinski definition) is 6. The molecule has 3 rings (SSSR count). The van der Waals surface area contributed by atoms with Gasteiger partial charge in [-0.2, -0.15) is 0 Å². The Morgan fingerprint density at radius 2 is 2.00 bits per heavy atom. The number of amides is 1. The summed E-state index contributed by atoms with van der Waals surface area (Å²) >= 11 is 1.07. The highest BCUT2D eigenvalue weighted by Crippen LogP contribution is 2.34. The van der Waals surface area contributed by atoms with Gasteiger partial charge in [0.1, 0.15) is 16.9 Å². The van der Waals surface area contributed by atoms with Crippen LogP contribution in [-0.2, 0) is 9.53 Å². The van der Waals surface area contributed by atoms with E-state index in [1.165, 1.54) is 13.0 Å². The maximum Gasteiger partial charge on any atom is 0.341 e. The smallest absolute Gasteiger partial charge is 0.341 e. The lowest BCUT2D eigenvalue weighted by Gasteiger charge is -2.22. The summed E-state index contributed by atoms with van der Waals surface area (Å²) in [6.45, 7) is 6.91. The average Bonchev–Trinajstić information content (AvgIpc) is 3.02. The first-order chi connectivity index (χ1) is 14.3. The van der Waals surface area contributed by atoms with Gasteiger partial charge in [0, 0.05) is 11.6 Å². The summed E-state index contributed by atoms with van der Waals surface area (Å²) in [6.07, 6.45) is 4.84. The van der Waals surface area contributed by atoms with Crippen molar-refractivity contribution in [3.63, 3.8) is 0 Å². The Labute approximate surface area is 179 Å². The van der Waals surface area contributed by atoms with Crippen LogP contribution < -0.4 is 10.1 Å². The Hall–Kier alpha value is -3.19. The molecular formula is C23H23NO5S. The lowest BCUT2D eigenvalue weighted by Crippen LogP contribution is -2.18. The number of ether oxygens (including phenoxy) is 2. The van der Waals surface area contributed by atoms with Gasteiger partial charge in [0.15, 0.2) is 5.78 Å². The normalized spacial score (nSPS) is 15.2. The maximum absolute atomic E-state index is 12.5. The number of ketones is 1. The van der Waals surface area contributed by atoms with Crippen LogP contribution >= 0.6 is 11.3 Å². The summed E-state index contributed by atoms with van der Waals surface area (Å²) in [7, 11) is 0. The van der Waals surface area contributed by atoms with Crippen LogP contribution in [0.25, 0.3) is 6.08 Å². The largest absolute Gasteiger partial charge is 0.485 e. The van der Waals surface area contributed by atoms with E-state index in [1.807, 2.05) is 37.3 Å². The molecule has 0 fully saturated rings. The van der Waals surface area contributed by atoms with Crippen LogP contribution in [0, 0.1) is 6.92 Å². The third-order valence-corrected chi connectivity index (χ3v) is 5.93. The number of esters is 1. The highest BCUT2D eigenvalue weighted by molar-refractivity contribution is 7.18. The van der Waals surface area contributed by atoms with Gasteiger partial charge in [0.2, 0.25) is 5.91 Å². The van der Waals surface area contributed by atoms with E-state index in [2.05, 4.69) is 5.32 Å². The van der Waals surface area contributed by atoms with Crippen molar-refractivity contribution in [2.75, 3.05) is 11.9 Å². The number of carbonyl (C=O) groups excluding carboxylic acids is 3. The highest BCUT2D eigenvalue weighted by atomic mass is 32.1. The van der Waals surface area contributed by atoms with Crippen LogP contribution in [0.4, 0.5) is 5.00 Å². The number of para-hydroxylation sites is 1. The molecular weight excluding hydrogens is 402 g/mol. The van der Waals surface area contributed by atoms with Crippen molar-refractivity contribution in [2.24, 2.45) is 0 Å². The van der Waals surface area contributed by atoms with Gasteiger partial charge in [-0.05, 0) is 57.0 Å². The number of Topliss-reactive ketones (excluding diaryl/α,β-unsaturated/α-hetero) is 1. The number of carbonyl (C=O) groups is 3. The van der Waals surface area contributed by atoms with Gasteiger partial charge in [-0.3, -0.25) is 9.59 Å². The SMILES string of the molecule is CCOC(=O)c1c(NC(=O)C=CC2=Cc3ccccc3OC2C)sc(C(C)=O)c1C. The molecule has 2 heterocycles. The van der Waals surface area contributed by atoms with Crippen LogP contribution in [0.1, 0.15) is 51.9 Å². The van der Waals surface area contributed by atoms with E-state index in [-0.39, 0.29) is 24.1 Å². The number of anilines is 1. The molecule has 0 saturated carbocycles. The first-order valence-electron chi connectivity index (χ1n) is 9.59. The minimum Gasteiger partial charge on any atom is -0.485 e. The van der Waals surface area contributed by atoms with Gasteiger partial charge >= 0.3 is 5.97 Å². The Balaban J connectivity index is 1.83. The molecule has 1 unspecified atom stereocenters. The van der Waals surface area contributed by atoms with Gasteiger partial charge in [0.25, 0.3) is 0 Å². The number of nitrogens with one attached hydrogen (secondary N) is 1. The summed E-state index contributed by atoms with van der Waals surface area (Å²) < 4.78 is 11.0. The summed E-state index contributed by atoms with van der Waals surface area (Å²) in [5.41, 5.74) is 2.52. The summed E-state index contributed by atoms with van der Waals surface area (Å²) in [6, 6.07) is 7.68. The molecule has 1 atom stereocenters. The third-order valence-electron chi connectivity index (χ3n) is 4.62. The van der Waals surface area contributed by atoms with Crippen molar-refractivity contribution in [1.82, 2.24) is 0 Å². The van der Waals surface area contributed by atoms with Crippen molar-refractivity contribution in [1.29, 1.82) is 0 Å². The second kappa shape index (κ2) is 9.09. The van der Waals surface area contributed by atoms with Crippen LogP contribution in [0.15, 0.2) is 42.0 Å². The molecule has 0 spiro atoms. The molecule has 0 aliphatic carbocycles. The van der Waals surface area contributed by atoms with Crippen molar-refractivity contribution < 1.29 is 23.9 Å². The van der Waals surface area contributed by atoms with Gasteiger partial charge in [0.05, 0.1) is 17.0 Å². The zero-order valence-corrected chi connectivity index (χ0v) is 18.1. The molecule has 7 heteroatoms. The van der Waals surface area contributed by atoms with Crippen molar-refractivity contribution in [3.8, 4) is 5.75 Å². The average molecular weight is 426 g/mol. The van der Waals surface area contributed by atoms with Crippen molar-refractivity contribution in [2.45, 2.75) is 33.8 Å². The molecule has 2 aromatic rings. The highest BCUT2D eigenvalue weighted by Gasteiger charge is 2.25. The minimum atomic E-state index is -0.563. The monoisotopic (exact) mass is 425 g/mol. The van der Waals surface area contributed by atoms with E-state index < -0.39 is 11.9 Å². The molecule has 1 aromatic carbocycles. The fourth-order valence-corrected chi connectivity index (χ4v) is 4.25. The molecule has 0 radical (unpaired) electrons. The molecule has 1 aliphatic rings. The van der Waals surface area contributed by atoms with E-state index in [9.17, 15) is 14.4 Å². The van der Waals surface area contributed by atoms with Crippen LogP contribution in [0.3, 0.4) is 0 Å². The zero-order valence-electron chi connectivity index (χ0n) is 17.3. The fourth-order valence-electron chi connectivity index (χ4n) is 3.16. The zero-order chi connectivity index (χ0) is 21.8. The minimum absolute atomic E-state index is 0.170. The first-order valence-corrected chi connectivity index (χ1v) is 10.4. The number of fused-ring (bicyclic) bond motifs is 1. The fraction of sp³-hybridized carbons (Fsp3) is 0.261. The second-order valence-electron chi connectivity index (χ2n) is 6.80.